The van der Waals surface area contributed by atoms with Crippen molar-refractivity contribution < 1.29 is 4.39 Å². The van der Waals surface area contributed by atoms with Gasteiger partial charge in [-0.15, -0.1) is 0 Å². The van der Waals surface area contributed by atoms with Crippen molar-refractivity contribution in [3.63, 3.8) is 0 Å². The molecule has 2 nitrogen and oxygen atoms in total. The first kappa shape index (κ1) is 14.2. The molecule has 116 valence electrons. The number of aromatic nitrogens is 2. The molecule has 1 aliphatic rings. The smallest absolute Gasteiger partial charge is 0.123 e. The second kappa shape index (κ2) is 5.99. The van der Waals surface area contributed by atoms with Gasteiger partial charge < -0.3 is 4.57 Å². The molecule has 3 aromatic rings. The fourth-order valence-electron chi connectivity index (χ4n) is 3.41. The first-order valence-corrected chi connectivity index (χ1v) is 8.22. The summed E-state index contributed by atoms with van der Waals surface area (Å²) in [6.45, 7) is 1.06. The minimum Gasteiger partial charge on any atom is -0.334 e. The predicted octanol–water partition coefficient (Wildman–Crippen LogP) is 5.08. The van der Waals surface area contributed by atoms with Crippen LogP contribution in [-0.2, 0) is 13.0 Å². The average Bonchev–Trinajstić information content (AvgIpc) is 2.84. The lowest BCUT2D eigenvalue weighted by Gasteiger charge is -2.11. The summed E-state index contributed by atoms with van der Waals surface area (Å²) in [5.41, 5.74) is 5.68. The molecule has 3 heteroatoms. The van der Waals surface area contributed by atoms with Crippen LogP contribution in [0.5, 0.6) is 0 Å². The van der Waals surface area contributed by atoms with E-state index in [4.69, 9.17) is 4.98 Å². The van der Waals surface area contributed by atoms with Crippen molar-refractivity contribution >= 4 is 0 Å². The van der Waals surface area contributed by atoms with E-state index in [-0.39, 0.29) is 5.82 Å². The molecule has 0 aliphatic carbocycles. The first-order valence-electron chi connectivity index (χ1n) is 8.22. The number of fused-ring (bicyclic) bond motifs is 1. The lowest BCUT2D eigenvalue weighted by atomic mass is 9.96. The lowest BCUT2D eigenvalue weighted by Crippen LogP contribution is -1.99. The van der Waals surface area contributed by atoms with Gasteiger partial charge in [-0.1, -0.05) is 42.8 Å². The number of benzene rings is 2. The van der Waals surface area contributed by atoms with Crippen molar-refractivity contribution in [1.29, 1.82) is 0 Å². The topological polar surface area (TPSA) is 17.8 Å². The number of aryl methyl sites for hydroxylation is 1. The van der Waals surface area contributed by atoms with E-state index in [0.29, 0.717) is 0 Å². The van der Waals surface area contributed by atoms with E-state index in [0.717, 1.165) is 35.3 Å². The largest absolute Gasteiger partial charge is 0.334 e. The van der Waals surface area contributed by atoms with Crippen molar-refractivity contribution in [2.45, 2.75) is 32.2 Å². The maximum atomic E-state index is 13.2. The molecular weight excluding hydrogens is 287 g/mol. The third kappa shape index (κ3) is 2.67. The van der Waals surface area contributed by atoms with Crippen molar-refractivity contribution in [1.82, 2.24) is 9.55 Å². The second-order valence-corrected chi connectivity index (χ2v) is 6.10. The summed E-state index contributed by atoms with van der Waals surface area (Å²) < 4.78 is 15.5. The molecule has 2 heterocycles. The highest BCUT2D eigenvalue weighted by atomic mass is 19.1. The van der Waals surface area contributed by atoms with Crippen LogP contribution in [0.25, 0.3) is 22.4 Å². The number of imidazole rings is 1. The number of hydrogen-bond acceptors (Lipinski definition) is 1. The Balaban J connectivity index is 1.84. The quantitative estimate of drug-likeness (QED) is 0.645. The first-order chi connectivity index (χ1) is 11.3. The summed E-state index contributed by atoms with van der Waals surface area (Å²) in [5.74, 6) is -0.206. The van der Waals surface area contributed by atoms with E-state index < -0.39 is 0 Å². The van der Waals surface area contributed by atoms with E-state index in [1.807, 2.05) is 30.6 Å². The highest BCUT2D eigenvalue weighted by molar-refractivity contribution is 5.82. The van der Waals surface area contributed by atoms with Crippen LogP contribution in [0, 0.1) is 5.82 Å². The zero-order valence-electron chi connectivity index (χ0n) is 13.0. The molecule has 0 amide bonds. The summed E-state index contributed by atoms with van der Waals surface area (Å²) in [6.07, 6.45) is 6.77. The Morgan fingerprint density at radius 2 is 1.65 bits per heavy atom. The summed E-state index contributed by atoms with van der Waals surface area (Å²) in [5, 5.41) is 0. The Bertz CT molecular complexity index is 818. The Kier molecular flexibility index (Phi) is 3.70. The Hall–Kier alpha value is -2.42. The highest BCUT2D eigenvalue weighted by Crippen LogP contribution is 2.34. The molecule has 0 N–H and O–H groups in total. The van der Waals surface area contributed by atoms with Crippen LogP contribution in [0.1, 0.15) is 25.0 Å². The molecule has 0 radical (unpaired) electrons. The molecule has 0 bridgehead atoms. The molecular formula is C20H19FN2. The van der Waals surface area contributed by atoms with Crippen LogP contribution >= 0.6 is 0 Å². The van der Waals surface area contributed by atoms with Gasteiger partial charge in [0.1, 0.15) is 5.82 Å². The fraction of sp³-hybridized carbons (Fsp3) is 0.250. The van der Waals surface area contributed by atoms with Gasteiger partial charge >= 0.3 is 0 Å². The standard InChI is InChI=1S/C20H19FN2/c21-16-11-9-15(10-12-16)17-6-3-4-7-18(17)20-19-8-2-1-5-13-23(19)14-22-20/h3-4,6-7,9-12,14H,1-2,5,8,13H2. The van der Waals surface area contributed by atoms with Crippen molar-refractivity contribution in [2.75, 3.05) is 0 Å². The summed E-state index contributed by atoms with van der Waals surface area (Å²) in [6, 6.07) is 15.0. The van der Waals surface area contributed by atoms with E-state index >= 15 is 0 Å². The van der Waals surface area contributed by atoms with E-state index in [1.54, 1.807) is 0 Å². The summed E-state index contributed by atoms with van der Waals surface area (Å²) in [4.78, 5) is 4.70. The van der Waals surface area contributed by atoms with Gasteiger partial charge in [0.25, 0.3) is 0 Å². The van der Waals surface area contributed by atoms with E-state index in [1.165, 1.54) is 37.1 Å². The molecule has 23 heavy (non-hydrogen) atoms. The van der Waals surface area contributed by atoms with Gasteiger partial charge in [-0.25, -0.2) is 9.37 Å². The van der Waals surface area contributed by atoms with Gasteiger partial charge in [0.2, 0.25) is 0 Å². The van der Waals surface area contributed by atoms with Crippen molar-refractivity contribution in [3.05, 3.63) is 66.4 Å². The molecule has 0 spiro atoms. The number of nitrogens with zero attached hydrogens (tertiary/aromatic N) is 2. The normalized spacial score (nSPS) is 14.3. The third-order valence-corrected chi connectivity index (χ3v) is 4.60. The van der Waals surface area contributed by atoms with Gasteiger partial charge in [-0.05, 0) is 42.5 Å². The molecule has 0 atom stereocenters. The highest BCUT2D eigenvalue weighted by Gasteiger charge is 2.17. The molecule has 1 aliphatic heterocycles. The lowest BCUT2D eigenvalue weighted by molar-refractivity contribution is 0.628. The van der Waals surface area contributed by atoms with Crippen molar-refractivity contribution in [3.8, 4) is 22.4 Å². The fourth-order valence-corrected chi connectivity index (χ4v) is 3.41. The Labute approximate surface area is 135 Å². The SMILES string of the molecule is Fc1ccc(-c2ccccc2-c2ncn3c2CCCCC3)cc1. The zero-order chi connectivity index (χ0) is 15.6. The molecule has 0 unspecified atom stereocenters. The van der Waals surface area contributed by atoms with Crippen LogP contribution in [0.3, 0.4) is 0 Å². The predicted molar refractivity (Wildman–Crippen MR) is 90.6 cm³/mol. The van der Waals surface area contributed by atoms with Crippen LogP contribution in [-0.4, -0.2) is 9.55 Å². The molecule has 0 saturated heterocycles. The Morgan fingerprint density at radius 3 is 2.48 bits per heavy atom. The molecule has 0 fully saturated rings. The number of rotatable bonds is 2. The van der Waals surface area contributed by atoms with Gasteiger partial charge in [0.05, 0.1) is 12.0 Å². The minimum atomic E-state index is -0.206. The van der Waals surface area contributed by atoms with Crippen LogP contribution in [0.15, 0.2) is 54.9 Å². The van der Waals surface area contributed by atoms with Crippen LogP contribution in [0.4, 0.5) is 4.39 Å². The molecule has 1 aromatic heterocycles. The summed E-state index contributed by atoms with van der Waals surface area (Å²) in [7, 11) is 0. The maximum Gasteiger partial charge on any atom is 0.123 e. The number of hydrogen-bond donors (Lipinski definition) is 0. The van der Waals surface area contributed by atoms with Gasteiger partial charge in [0, 0.05) is 17.8 Å². The van der Waals surface area contributed by atoms with Gasteiger partial charge in [-0.2, -0.15) is 0 Å². The second-order valence-electron chi connectivity index (χ2n) is 6.10. The van der Waals surface area contributed by atoms with Gasteiger partial charge in [0.15, 0.2) is 0 Å². The summed E-state index contributed by atoms with van der Waals surface area (Å²) >= 11 is 0. The number of halogens is 1. The zero-order valence-corrected chi connectivity index (χ0v) is 13.0. The van der Waals surface area contributed by atoms with Crippen molar-refractivity contribution in [2.24, 2.45) is 0 Å². The average molecular weight is 306 g/mol. The van der Waals surface area contributed by atoms with Gasteiger partial charge in [-0.3, -0.25) is 0 Å². The van der Waals surface area contributed by atoms with E-state index in [9.17, 15) is 4.39 Å². The van der Waals surface area contributed by atoms with Crippen LogP contribution in [0.2, 0.25) is 0 Å². The van der Waals surface area contributed by atoms with Crippen LogP contribution < -0.4 is 0 Å². The molecule has 0 saturated carbocycles. The van der Waals surface area contributed by atoms with E-state index in [2.05, 4.69) is 16.7 Å². The monoisotopic (exact) mass is 306 g/mol. The Morgan fingerprint density at radius 1 is 0.870 bits per heavy atom. The minimum absolute atomic E-state index is 0.206. The molecule has 4 rings (SSSR count). The maximum absolute atomic E-state index is 13.2. The third-order valence-electron chi connectivity index (χ3n) is 4.60. The molecule has 2 aromatic carbocycles.